The zero-order chi connectivity index (χ0) is 37.5. The normalized spacial score (nSPS) is 25.5. The molecule has 0 saturated carbocycles. The van der Waals surface area contributed by atoms with E-state index in [1.54, 1.807) is 26.0 Å². The molecule has 2 rings (SSSR count). The summed E-state index contributed by atoms with van der Waals surface area (Å²) in [5.41, 5.74) is 17.2. The van der Waals surface area contributed by atoms with Gasteiger partial charge >= 0.3 is 5.97 Å². The zero-order valence-corrected chi connectivity index (χ0v) is 29.1. The van der Waals surface area contributed by atoms with Gasteiger partial charge in [-0.05, 0) is 30.0 Å². The molecule has 1 heterocycles. The lowest BCUT2D eigenvalue weighted by atomic mass is 9.96. The van der Waals surface area contributed by atoms with E-state index >= 15 is 0 Å². The van der Waals surface area contributed by atoms with Gasteiger partial charge in [0, 0.05) is 24.3 Å². The third-order valence-corrected chi connectivity index (χ3v) is 10.1. The van der Waals surface area contributed by atoms with Gasteiger partial charge in [-0.3, -0.25) is 33.6 Å². The summed E-state index contributed by atoms with van der Waals surface area (Å²) < 4.78 is 0. The standard InChI is InChI=1S/C30H44N8O10S2/c1-3-14(2)24-29(46)34-18(8-9-22(32)40)26(43)36-20(11-23(33)41)27(44)37-21(30(47)48)13-50-49-12-17(31)25(42)35-19(28(45)38-24)10-15-4-6-16(39)7-5-15/h4-7,14,17-21,24,39H,3,8-13,31H2,1-2H3,(H2,32,40)(H2,33,41)(H,34,46)(H,35,42)(H,36,43)(H,37,44)(H,38,45)(H,47,48)/t14-,17+,18+,19-,20+,21+,24-/m0/s1. The number of nitrogens with one attached hydrogen (secondary N) is 5. The van der Waals surface area contributed by atoms with Crippen LogP contribution in [0.1, 0.15) is 45.1 Å². The average Bonchev–Trinajstić information content (AvgIpc) is 3.05. The smallest absolute Gasteiger partial charge is 0.327 e. The lowest BCUT2D eigenvalue weighted by Gasteiger charge is -2.29. The maximum absolute atomic E-state index is 13.7. The first-order valence-electron chi connectivity index (χ1n) is 15.6. The highest BCUT2D eigenvalue weighted by atomic mass is 33.1. The summed E-state index contributed by atoms with van der Waals surface area (Å²) in [6.45, 7) is 3.41. The van der Waals surface area contributed by atoms with E-state index in [1.165, 1.54) is 12.1 Å². The van der Waals surface area contributed by atoms with E-state index in [-0.39, 0.29) is 36.5 Å². The minimum atomic E-state index is -1.67. The summed E-state index contributed by atoms with van der Waals surface area (Å²) in [5, 5.41) is 31.7. The second-order valence-corrected chi connectivity index (χ2v) is 14.2. The van der Waals surface area contributed by atoms with E-state index in [1.807, 2.05) is 0 Å². The van der Waals surface area contributed by atoms with E-state index in [9.17, 15) is 48.6 Å². The number of phenolic OH excluding ortho intramolecular Hbond substituents is 1. The van der Waals surface area contributed by atoms with Crippen molar-refractivity contribution in [1.82, 2.24) is 26.6 Å². The predicted octanol–water partition coefficient (Wildman–Crippen LogP) is -2.65. The molecule has 0 bridgehead atoms. The third kappa shape index (κ3) is 13.7. The number of benzene rings is 1. The fourth-order valence-electron chi connectivity index (χ4n) is 4.57. The van der Waals surface area contributed by atoms with Crippen LogP contribution in [0.3, 0.4) is 0 Å². The van der Waals surface area contributed by atoms with Crippen LogP contribution in [0.25, 0.3) is 0 Å². The highest BCUT2D eigenvalue weighted by Gasteiger charge is 2.35. The number of primary amides is 2. The monoisotopic (exact) mass is 740 g/mol. The van der Waals surface area contributed by atoms with Gasteiger partial charge in [0.15, 0.2) is 0 Å². The van der Waals surface area contributed by atoms with Gasteiger partial charge in [0.05, 0.1) is 12.5 Å². The Bertz CT molecular complexity index is 1420. The highest BCUT2D eigenvalue weighted by Crippen LogP contribution is 2.23. The van der Waals surface area contributed by atoms with E-state index in [0.29, 0.717) is 12.0 Å². The van der Waals surface area contributed by atoms with Gasteiger partial charge in [-0.2, -0.15) is 0 Å². The van der Waals surface area contributed by atoms with Crippen LogP contribution in [-0.4, -0.2) is 105 Å². The average molecular weight is 741 g/mol. The van der Waals surface area contributed by atoms with Gasteiger partial charge in [-0.15, -0.1) is 0 Å². The van der Waals surface area contributed by atoms with Crippen molar-refractivity contribution in [2.75, 3.05) is 11.5 Å². The van der Waals surface area contributed by atoms with Crippen molar-refractivity contribution < 1.29 is 48.6 Å². The molecule has 1 aliphatic rings. The maximum Gasteiger partial charge on any atom is 0.327 e. The number of carbonyl (C=O) groups is 8. The molecule has 1 fully saturated rings. The van der Waals surface area contributed by atoms with Gasteiger partial charge in [-0.1, -0.05) is 54.0 Å². The number of rotatable bonds is 10. The van der Waals surface area contributed by atoms with Gasteiger partial charge in [-0.25, -0.2) is 4.79 Å². The van der Waals surface area contributed by atoms with Crippen molar-refractivity contribution in [1.29, 1.82) is 0 Å². The summed E-state index contributed by atoms with van der Waals surface area (Å²) in [6, 6.07) is -2.50. The molecule has 7 atom stereocenters. The van der Waals surface area contributed by atoms with Crippen molar-refractivity contribution in [3.05, 3.63) is 29.8 Å². The number of aromatic hydroxyl groups is 1. The number of carboxylic acid groups (broad SMARTS) is 1. The molecule has 50 heavy (non-hydrogen) atoms. The number of aliphatic carboxylic acids is 1. The Morgan fingerprint density at radius 1 is 0.800 bits per heavy atom. The molecule has 1 aromatic rings. The maximum atomic E-state index is 13.7. The molecule has 20 heteroatoms. The van der Waals surface area contributed by atoms with E-state index in [2.05, 4.69) is 26.6 Å². The van der Waals surface area contributed by atoms with Crippen LogP contribution in [-0.2, 0) is 44.8 Å². The number of carboxylic acids is 1. The predicted molar refractivity (Wildman–Crippen MR) is 184 cm³/mol. The van der Waals surface area contributed by atoms with Crippen molar-refractivity contribution in [3.63, 3.8) is 0 Å². The minimum Gasteiger partial charge on any atom is -0.508 e. The lowest BCUT2D eigenvalue weighted by molar-refractivity contribution is -0.141. The number of phenols is 1. The molecular formula is C30H44N8O10S2. The van der Waals surface area contributed by atoms with Crippen LogP contribution in [0.5, 0.6) is 5.75 Å². The number of amides is 7. The van der Waals surface area contributed by atoms with Gasteiger partial charge in [0.25, 0.3) is 0 Å². The largest absolute Gasteiger partial charge is 0.508 e. The van der Waals surface area contributed by atoms with Crippen LogP contribution >= 0.6 is 21.6 Å². The van der Waals surface area contributed by atoms with Crippen molar-refractivity contribution in [2.45, 2.75) is 82.2 Å². The number of hydrogen-bond acceptors (Lipinski definition) is 12. The summed E-state index contributed by atoms with van der Waals surface area (Å²) in [6.07, 6.45) is -1.16. The molecule has 18 nitrogen and oxygen atoms in total. The van der Waals surface area contributed by atoms with Gasteiger partial charge in [0.2, 0.25) is 41.4 Å². The topological polar surface area (TPSA) is 315 Å². The van der Waals surface area contributed by atoms with Crippen molar-refractivity contribution >= 4 is 68.9 Å². The first-order valence-corrected chi connectivity index (χ1v) is 18.1. The van der Waals surface area contributed by atoms with Crippen LogP contribution in [0.2, 0.25) is 0 Å². The summed E-state index contributed by atoms with van der Waals surface area (Å²) in [7, 11) is 2.00. The Morgan fingerprint density at radius 2 is 1.36 bits per heavy atom. The SMILES string of the molecule is CC[C@H](C)[C@@H]1NC(=O)[C@H](Cc2ccc(O)cc2)NC(=O)[C@H](N)CSSC[C@H](C(=O)O)NC(=O)[C@@H](CC(N)=O)NC(=O)[C@@H](CCC(N)=O)NC1=O. The molecule has 1 saturated heterocycles. The fraction of sp³-hybridized carbons (Fsp3) is 0.533. The van der Waals surface area contributed by atoms with Gasteiger partial charge < -0.3 is 54.0 Å². The zero-order valence-electron chi connectivity index (χ0n) is 27.5. The summed E-state index contributed by atoms with van der Waals surface area (Å²) in [5.74, 6) is -8.51. The van der Waals surface area contributed by atoms with E-state index in [4.69, 9.17) is 17.2 Å². The quantitative estimate of drug-likeness (QED) is 0.110. The fourth-order valence-corrected chi connectivity index (χ4v) is 6.85. The van der Waals surface area contributed by atoms with E-state index < -0.39 is 95.9 Å². The van der Waals surface area contributed by atoms with Crippen LogP contribution in [0.4, 0.5) is 0 Å². The number of nitrogens with two attached hydrogens (primary N) is 3. The molecule has 1 aromatic carbocycles. The Kier molecular flexibility index (Phi) is 16.8. The molecule has 13 N–H and O–H groups in total. The lowest BCUT2D eigenvalue weighted by Crippen LogP contribution is -2.61. The van der Waals surface area contributed by atoms with Crippen molar-refractivity contribution in [3.8, 4) is 5.75 Å². The van der Waals surface area contributed by atoms with Crippen LogP contribution in [0.15, 0.2) is 24.3 Å². The van der Waals surface area contributed by atoms with Gasteiger partial charge in [0.1, 0.15) is 36.0 Å². The Hall–Kier alpha value is -4.56. The van der Waals surface area contributed by atoms with Crippen molar-refractivity contribution in [2.24, 2.45) is 23.1 Å². The Morgan fingerprint density at radius 3 is 1.94 bits per heavy atom. The molecule has 1 aliphatic heterocycles. The number of hydrogen-bond donors (Lipinski definition) is 10. The van der Waals surface area contributed by atoms with Crippen LogP contribution in [0, 0.1) is 5.92 Å². The molecule has 0 aromatic heterocycles. The first kappa shape index (κ1) is 41.6. The second kappa shape index (κ2) is 20.2. The number of carbonyl (C=O) groups excluding carboxylic acids is 7. The molecule has 7 amide bonds. The molecule has 0 unspecified atom stereocenters. The third-order valence-electron chi connectivity index (χ3n) is 7.67. The molecular weight excluding hydrogens is 697 g/mol. The first-order chi connectivity index (χ1) is 23.5. The minimum absolute atomic E-state index is 0.0240. The molecule has 276 valence electrons. The molecule has 0 radical (unpaired) electrons. The highest BCUT2D eigenvalue weighted by molar-refractivity contribution is 8.76. The van der Waals surface area contributed by atoms with E-state index in [0.717, 1.165) is 21.6 Å². The Labute approximate surface area is 295 Å². The molecule has 0 spiro atoms. The summed E-state index contributed by atoms with van der Waals surface area (Å²) >= 11 is 0. The Balaban J connectivity index is 2.55. The molecule has 0 aliphatic carbocycles. The summed E-state index contributed by atoms with van der Waals surface area (Å²) in [4.78, 5) is 103. The van der Waals surface area contributed by atoms with Crippen LogP contribution < -0.4 is 43.8 Å². The second-order valence-electron chi connectivity index (χ2n) is 11.7.